The van der Waals surface area contributed by atoms with Gasteiger partial charge >= 0.3 is 0 Å². The molecule has 1 N–H and O–H groups in total. The van der Waals surface area contributed by atoms with E-state index in [0.717, 1.165) is 24.8 Å². The van der Waals surface area contributed by atoms with Gasteiger partial charge in [0.15, 0.2) is 11.6 Å². The van der Waals surface area contributed by atoms with Crippen molar-refractivity contribution >= 4 is 0 Å². The summed E-state index contributed by atoms with van der Waals surface area (Å²) in [4.78, 5) is 0. The molecule has 1 heterocycles. The van der Waals surface area contributed by atoms with E-state index < -0.39 is 11.6 Å². The van der Waals surface area contributed by atoms with Gasteiger partial charge in [0.1, 0.15) is 5.76 Å². The fourth-order valence-electron chi connectivity index (χ4n) is 2.01. The molecule has 2 rings (SSSR count). The summed E-state index contributed by atoms with van der Waals surface area (Å²) in [5, 5.41) is 3.28. The van der Waals surface area contributed by atoms with Gasteiger partial charge in [-0.15, -0.1) is 0 Å². The Bertz CT molecular complexity index is 511. The molecule has 1 aromatic heterocycles. The summed E-state index contributed by atoms with van der Waals surface area (Å²) in [5.74, 6) is -0.861. The third-order valence-corrected chi connectivity index (χ3v) is 2.98. The van der Waals surface area contributed by atoms with E-state index in [-0.39, 0.29) is 6.04 Å². The lowest BCUT2D eigenvalue weighted by Gasteiger charge is -2.16. The van der Waals surface area contributed by atoms with E-state index in [1.807, 2.05) is 6.07 Å². The van der Waals surface area contributed by atoms with E-state index in [9.17, 15) is 8.78 Å². The molecule has 1 aromatic carbocycles. The standard InChI is InChI=1S/C15H17F2NO/c1-2-8-18-13(14-7-4-9-19-14)10-11-5-3-6-12(16)15(11)17/h3-7,9,13,18H,2,8,10H2,1H3. The third kappa shape index (κ3) is 3.41. The van der Waals surface area contributed by atoms with Crippen LogP contribution < -0.4 is 5.32 Å². The lowest BCUT2D eigenvalue weighted by atomic mass is 10.0. The van der Waals surface area contributed by atoms with Gasteiger partial charge in [0, 0.05) is 0 Å². The summed E-state index contributed by atoms with van der Waals surface area (Å²) >= 11 is 0. The Morgan fingerprint density at radius 2 is 2.05 bits per heavy atom. The van der Waals surface area contributed by atoms with Crippen LogP contribution in [0.15, 0.2) is 41.0 Å². The van der Waals surface area contributed by atoms with Gasteiger partial charge in [-0.3, -0.25) is 0 Å². The minimum Gasteiger partial charge on any atom is -0.468 e. The Labute approximate surface area is 111 Å². The van der Waals surface area contributed by atoms with E-state index in [2.05, 4.69) is 12.2 Å². The maximum Gasteiger partial charge on any atom is 0.162 e. The maximum atomic E-state index is 13.7. The molecule has 1 atom stereocenters. The average Bonchev–Trinajstić information content (AvgIpc) is 2.93. The number of hydrogen-bond donors (Lipinski definition) is 1. The number of benzene rings is 1. The van der Waals surface area contributed by atoms with Crippen LogP contribution in [0.4, 0.5) is 8.78 Å². The molecule has 0 aliphatic heterocycles. The largest absolute Gasteiger partial charge is 0.468 e. The fourth-order valence-corrected chi connectivity index (χ4v) is 2.01. The van der Waals surface area contributed by atoms with Crippen LogP contribution >= 0.6 is 0 Å². The maximum absolute atomic E-state index is 13.7. The van der Waals surface area contributed by atoms with Crippen molar-refractivity contribution < 1.29 is 13.2 Å². The van der Waals surface area contributed by atoms with Crippen LogP contribution in [0.5, 0.6) is 0 Å². The molecule has 0 aliphatic rings. The van der Waals surface area contributed by atoms with Crippen LogP contribution in [0.2, 0.25) is 0 Å². The van der Waals surface area contributed by atoms with Gasteiger partial charge in [-0.2, -0.15) is 0 Å². The zero-order chi connectivity index (χ0) is 13.7. The summed E-state index contributed by atoms with van der Waals surface area (Å²) in [6.07, 6.45) is 2.90. The minimum absolute atomic E-state index is 0.147. The molecule has 0 aliphatic carbocycles. The Kier molecular flexibility index (Phi) is 4.68. The highest BCUT2D eigenvalue weighted by atomic mass is 19.2. The van der Waals surface area contributed by atoms with E-state index in [1.165, 1.54) is 6.07 Å². The van der Waals surface area contributed by atoms with E-state index >= 15 is 0 Å². The second kappa shape index (κ2) is 6.48. The van der Waals surface area contributed by atoms with Crippen molar-refractivity contribution in [2.45, 2.75) is 25.8 Å². The normalized spacial score (nSPS) is 12.6. The van der Waals surface area contributed by atoms with Crippen molar-refractivity contribution in [2.75, 3.05) is 6.54 Å². The van der Waals surface area contributed by atoms with E-state index in [4.69, 9.17) is 4.42 Å². The lowest BCUT2D eigenvalue weighted by molar-refractivity contribution is 0.403. The quantitative estimate of drug-likeness (QED) is 0.858. The van der Waals surface area contributed by atoms with Gasteiger partial charge in [0.05, 0.1) is 12.3 Å². The van der Waals surface area contributed by atoms with Crippen molar-refractivity contribution in [2.24, 2.45) is 0 Å². The molecule has 0 fully saturated rings. The van der Waals surface area contributed by atoms with Crippen molar-refractivity contribution in [3.8, 4) is 0 Å². The second-order valence-electron chi connectivity index (χ2n) is 4.44. The van der Waals surface area contributed by atoms with Gasteiger partial charge in [-0.1, -0.05) is 19.1 Å². The van der Waals surface area contributed by atoms with Gasteiger partial charge in [-0.05, 0) is 43.1 Å². The van der Waals surface area contributed by atoms with Crippen LogP contribution in [0.25, 0.3) is 0 Å². The Morgan fingerprint density at radius 1 is 1.21 bits per heavy atom. The fraction of sp³-hybridized carbons (Fsp3) is 0.333. The van der Waals surface area contributed by atoms with Crippen molar-refractivity contribution in [3.05, 3.63) is 59.6 Å². The molecule has 2 aromatic rings. The predicted octanol–water partition coefficient (Wildman–Crippen LogP) is 3.84. The number of hydrogen-bond acceptors (Lipinski definition) is 2. The molecule has 1 unspecified atom stereocenters. The smallest absolute Gasteiger partial charge is 0.162 e. The SMILES string of the molecule is CCCNC(Cc1cccc(F)c1F)c1ccco1. The first-order valence-electron chi connectivity index (χ1n) is 6.42. The lowest BCUT2D eigenvalue weighted by Crippen LogP contribution is -2.24. The molecule has 0 saturated carbocycles. The first kappa shape index (κ1) is 13.7. The number of halogens is 2. The monoisotopic (exact) mass is 265 g/mol. The van der Waals surface area contributed by atoms with Gasteiger partial charge in [0.2, 0.25) is 0 Å². The van der Waals surface area contributed by atoms with Crippen molar-refractivity contribution in [3.63, 3.8) is 0 Å². The first-order chi connectivity index (χ1) is 9.22. The zero-order valence-electron chi connectivity index (χ0n) is 10.8. The minimum atomic E-state index is -0.814. The summed E-state index contributed by atoms with van der Waals surface area (Å²) in [6, 6.07) is 7.73. The Morgan fingerprint density at radius 3 is 2.74 bits per heavy atom. The highest BCUT2D eigenvalue weighted by molar-refractivity contribution is 5.21. The molecule has 19 heavy (non-hydrogen) atoms. The van der Waals surface area contributed by atoms with Crippen LogP contribution in [-0.4, -0.2) is 6.54 Å². The second-order valence-corrected chi connectivity index (χ2v) is 4.44. The van der Waals surface area contributed by atoms with Crippen LogP contribution in [0.1, 0.15) is 30.7 Å². The predicted molar refractivity (Wildman–Crippen MR) is 69.8 cm³/mol. The molecule has 0 saturated heterocycles. The summed E-state index contributed by atoms with van der Waals surface area (Å²) in [6.45, 7) is 2.84. The van der Waals surface area contributed by atoms with Crippen molar-refractivity contribution in [1.29, 1.82) is 0 Å². The molecule has 2 nitrogen and oxygen atoms in total. The molecule has 4 heteroatoms. The van der Waals surface area contributed by atoms with Gasteiger partial charge in [-0.25, -0.2) is 8.78 Å². The molecular formula is C15H17F2NO. The molecular weight excluding hydrogens is 248 g/mol. The molecule has 0 radical (unpaired) electrons. The zero-order valence-corrected chi connectivity index (χ0v) is 10.8. The molecule has 0 amide bonds. The highest BCUT2D eigenvalue weighted by Crippen LogP contribution is 2.21. The molecule has 0 spiro atoms. The Hall–Kier alpha value is -1.68. The van der Waals surface area contributed by atoms with Gasteiger partial charge in [0.25, 0.3) is 0 Å². The van der Waals surface area contributed by atoms with Crippen LogP contribution in [0.3, 0.4) is 0 Å². The summed E-state index contributed by atoms with van der Waals surface area (Å²) in [5.41, 5.74) is 0.352. The number of rotatable bonds is 6. The molecule has 102 valence electrons. The van der Waals surface area contributed by atoms with Gasteiger partial charge < -0.3 is 9.73 Å². The molecule has 0 bridgehead atoms. The highest BCUT2D eigenvalue weighted by Gasteiger charge is 2.17. The van der Waals surface area contributed by atoms with Crippen LogP contribution in [0, 0.1) is 11.6 Å². The van der Waals surface area contributed by atoms with E-state index in [0.29, 0.717) is 12.0 Å². The van der Waals surface area contributed by atoms with E-state index in [1.54, 1.807) is 18.4 Å². The van der Waals surface area contributed by atoms with Crippen molar-refractivity contribution in [1.82, 2.24) is 5.32 Å². The Balaban J connectivity index is 2.18. The third-order valence-electron chi connectivity index (χ3n) is 2.98. The van der Waals surface area contributed by atoms with Crippen LogP contribution in [-0.2, 0) is 6.42 Å². The topological polar surface area (TPSA) is 25.2 Å². The summed E-state index contributed by atoms with van der Waals surface area (Å²) in [7, 11) is 0. The number of nitrogens with one attached hydrogen (secondary N) is 1. The average molecular weight is 265 g/mol. The first-order valence-corrected chi connectivity index (χ1v) is 6.42. The summed E-state index contributed by atoms with van der Waals surface area (Å²) < 4.78 is 32.3. The number of furan rings is 1.